The van der Waals surface area contributed by atoms with Crippen molar-refractivity contribution in [1.82, 2.24) is 0 Å². The highest BCUT2D eigenvalue weighted by atomic mass is 16.6. The molecule has 0 bridgehead atoms. The first kappa shape index (κ1) is 23.1. The second-order valence-corrected chi connectivity index (χ2v) is 8.32. The number of carbonyl (C=O) groups excluding carboxylic acids is 2. The van der Waals surface area contributed by atoms with E-state index in [0.717, 1.165) is 16.7 Å². The summed E-state index contributed by atoms with van der Waals surface area (Å²) in [5.74, 6) is -3.09. The van der Waals surface area contributed by atoms with Gasteiger partial charge in [0, 0.05) is 0 Å². The van der Waals surface area contributed by atoms with Crippen molar-refractivity contribution in [2.24, 2.45) is 0 Å². The van der Waals surface area contributed by atoms with Gasteiger partial charge in [-0.3, -0.25) is 9.59 Å². The van der Waals surface area contributed by atoms with E-state index in [2.05, 4.69) is 0 Å². The first-order valence-corrected chi connectivity index (χ1v) is 9.74. The van der Waals surface area contributed by atoms with Crippen molar-refractivity contribution >= 4 is 17.9 Å². The molecule has 0 saturated carbocycles. The van der Waals surface area contributed by atoms with Gasteiger partial charge in [0.15, 0.2) is 0 Å². The largest absolute Gasteiger partial charge is 0.481 e. The Bertz CT molecular complexity index is 922. The first-order chi connectivity index (χ1) is 14.0. The van der Waals surface area contributed by atoms with E-state index in [-0.39, 0.29) is 13.0 Å². The van der Waals surface area contributed by atoms with Crippen LogP contribution in [0.25, 0.3) is 0 Å². The van der Waals surface area contributed by atoms with Crippen LogP contribution in [0.3, 0.4) is 0 Å². The van der Waals surface area contributed by atoms with Gasteiger partial charge in [0.2, 0.25) is 0 Å². The summed E-state index contributed by atoms with van der Waals surface area (Å²) in [5, 5.41) is 9.51. The minimum atomic E-state index is -1.10. The van der Waals surface area contributed by atoms with Gasteiger partial charge in [0.25, 0.3) is 0 Å². The molecule has 30 heavy (non-hydrogen) atoms. The molecule has 6 nitrogen and oxygen atoms in total. The molecule has 160 valence electrons. The molecule has 0 aromatic heterocycles. The number of esters is 2. The number of carboxylic acids is 1. The van der Waals surface area contributed by atoms with Crippen LogP contribution in [-0.2, 0) is 25.7 Å². The summed E-state index contributed by atoms with van der Waals surface area (Å²) >= 11 is 0. The molecule has 0 aliphatic heterocycles. The molecule has 0 spiro atoms. The number of benzene rings is 2. The molecule has 2 aromatic carbocycles. The second kappa shape index (κ2) is 9.57. The van der Waals surface area contributed by atoms with E-state index >= 15 is 0 Å². The van der Waals surface area contributed by atoms with Crippen LogP contribution in [-0.4, -0.2) is 28.6 Å². The molecular formula is C24H28O6. The highest BCUT2D eigenvalue weighted by Crippen LogP contribution is 2.23. The third-order valence-corrected chi connectivity index (χ3v) is 4.44. The Morgan fingerprint density at radius 1 is 1.00 bits per heavy atom. The maximum Gasteiger partial charge on any atom is 0.338 e. The number of hydrogen-bond donors (Lipinski definition) is 1. The van der Waals surface area contributed by atoms with E-state index in [1.165, 1.54) is 0 Å². The van der Waals surface area contributed by atoms with Crippen LogP contribution in [0.15, 0.2) is 42.5 Å². The SMILES string of the molecule is Cc1ccc(C(=O)OCc2ccc(C(CC(=O)OC(C)(C)C)C(=O)O)cc2)c(C)c1. The minimum absolute atomic E-state index is 0.0657. The van der Waals surface area contributed by atoms with Crippen molar-refractivity contribution in [2.45, 2.75) is 59.2 Å². The van der Waals surface area contributed by atoms with Crippen LogP contribution in [0.2, 0.25) is 0 Å². The van der Waals surface area contributed by atoms with E-state index in [4.69, 9.17) is 9.47 Å². The monoisotopic (exact) mass is 412 g/mol. The normalized spacial score (nSPS) is 12.2. The smallest absolute Gasteiger partial charge is 0.338 e. The van der Waals surface area contributed by atoms with Gasteiger partial charge in [0.1, 0.15) is 12.2 Å². The maximum atomic E-state index is 12.3. The number of carboxylic acid groups (broad SMARTS) is 1. The lowest BCUT2D eigenvalue weighted by molar-refractivity contribution is -0.158. The lowest BCUT2D eigenvalue weighted by atomic mass is 9.95. The number of ether oxygens (including phenoxy) is 2. The van der Waals surface area contributed by atoms with E-state index in [1.54, 1.807) is 51.1 Å². The summed E-state index contributed by atoms with van der Waals surface area (Å²) < 4.78 is 10.6. The van der Waals surface area contributed by atoms with Crippen LogP contribution in [0.4, 0.5) is 0 Å². The fourth-order valence-corrected chi connectivity index (χ4v) is 3.01. The number of aryl methyl sites for hydroxylation is 2. The molecular weight excluding hydrogens is 384 g/mol. The molecule has 0 heterocycles. The zero-order valence-corrected chi connectivity index (χ0v) is 18.0. The van der Waals surface area contributed by atoms with Crippen LogP contribution in [0.5, 0.6) is 0 Å². The second-order valence-electron chi connectivity index (χ2n) is 8.32. The molecule has 0 aliphatic rings. The number of carbonyl (C=O) groups is 3. The topological polar surface area (TPSA) is 89.9 Å². The third kappa shape index (κ3) is 6.72. The van der Waals surface area contributed by atoms with Gasteiger partial charge in [0.05, 0.1) is 17.9 Å². The molecule has 6 heteroatoms. The van der Waals surface area contributed by atoms with Gasteiger partial charge in [-0.25, -0.2) is 4.79 Å². The highest BCUT2D eigenvalue weighted by molar-refractivity contribution is 5.91. The maximum absolute atomic E-state index is 12.3. The molecule has 2 aromatic rings. The average Bonchev–Trinajstić information content (AvgIpc) is 2.63. The standard InChI is InChI=1S/C24H28O6/c1-15-6-11-19(16(2)12-15)23(28)29-14-17-7-9-18(10-8-17)20(22(26)27)13-21(25)30-24(3,4)5/h6-12,20H,13-14H2,1-5H3,(H,26,27). The van der Waals surface area contributed by atoms with Gasteiger partial charge in [-0.05, 0) is 57.4 Å². The molecule has 0 aliphatic carbocycles. The molecule has 1 atom stereocenters. The van der Waals surface area contributed by atoms with Crippen molar-refractivity contribution in [3.8, 4) is 0 Å². The number of hydrogen-bond acceptors (Lipinski definition) is 5. The predicted octanol–water partition coefficient (Wildman–Crippen LogP) is 4.56. The van der Waals surface area contributed by atoms with Gasteiger partial charge in [-0.2, -0.15) is 0 Å². The third-order valence-electron chi connectivity index (χ3n) is 4.44. The Kier molecular flexibility index (Phi) is 7.38. The van der Waals surface area contributed by atoms with E-state index < -0.39 is 29.4 Å². The van der Waals surface area contributed by atoms with E-state index in [1.807, 2.05) is 26.0 Å². The van der Waals surface area contributed by atoms with E-state index in [9.17, 15) is 19.5 Å². The molecule has 0 saturated heterocycles. The quantitative estimate of drug-likeness (QED) is 0.671. The summed E-state index contributed by atoms with van der Waals surface area (Å²) in [6.07, 6.45) is -0.256. The van der Waals surface area contributed by atoms with Crippen molar-refractivity contribution in [3.63, 3.8) is 0 Å². The first-order valence-electron chi connectivity index (χ1n) is 9.74. The Labute approximate surface area is 176 Å². The predicted molar refractivity (Wildman–Crippen MR) is 112 cm³/mol. The highest BCUT2D eigenvalue weighted by Gasteiger charge is 2.26. The molecule has 0 radical (unpaired) electrons. The van der Waals surface area contributed by atoms with Crippen LogP contribution >= 0.6 is 0 Å². The minimum Gasteiger partial charge on any atom is -0.481 e. The zero-order valence-electron chi connectivity index (χ0n) is 18.0. The molecule has 1 unspecified atom stereocenters. The summed E-state index contributed by atoms with van der Waals surface area (Å²) in [6, 6.07) is 12.2. The van der Waals surface area contributed by atoms with Crippen molar-refractivity contribution in [1.29, 1.82) is 0 Å². The molecule has 1 N–H and O–H groups in total. The lowest BCUT2D eigenvalue weighted by Crippen LogP contribution is -2.26. The summed E-state index contributed by atoms with van der Waals surface area (Å²) in [6.45, 7) is 9.07. The van der Waals surface area contributed by atoms with Crippen molar-refractivity contribution in [3.05, 3.63) is 70.3 Å². The fourth-order valence-electron chi connectivity index (χ4n) is 3.01. The average molecular weight is 412 g/mol. The zero-order chi connectivity index (χ0) is 22.5. The van der Waals surface area contributed by atoms with Crippen molar-refractivity contribution < 1.29 is 29.0 Å². The van der Waals surface area contributed by atoms with E-state index in [0.29, 0.717) is 11.1 Å². The van der Waals surface area contributed by atoms with Crippen LogP contribution in [0, 0.1) is 13.8 Å². The number of rotatable bonds is 7. The Balaban J connectivity index is 2.02. The summed E-state index contributed by atoms with van der Waals surface area (Å²) in [4.78, 5) is 36.0. The molecule has 2 rings (SSSR count). The van der Waals surface area contributed by atoms with Gasteiger partial charge < -0.3 is 14.6 Å². The van der Waals surface area contributed by atoms with Crippen molar-refractivity contribution in [2.75, 3.05) is 0 Å². The van der Waals surface area contributed by atoms with Gasteiger partial charge >= 0.3 is 17.9 Å². The summed E-state index contributed by atoms with van der Waals surface area (Å²) in [7, 11) is 0. The fraction of sp³-hybridized carbons (Fsp3) is 0.375. The lowest BCUT2D eigenvalue weighted by Gasteiger charge is -2.21. The van der Waals surface area contributed by atoms with Crippen LogP contribution < -0.4 is 0 Å². The van der Waals surface area contributed by atoms with Crippen LogP contribution in [0.1, 0.15) is 65.7 Å². The van der Waals surface area contributed by atoms with Gasteiger partial charge in [-0.15, -0.1) is 0 Å². The molecule has 0 fully saturated rings. The van der Waals surface area contributed by atoms with Gasteiger partial charge in [-0.1, -0.05) is 42.0 Å². The molecule has 0 amide bonds. The summed E-state index contributed by atoms with van der Waals surface area (Å²) in [5.41, 5.74) is 2.96. The number of aliphatic carboxylic acids is 1. The Morgan fingerprint density at radius 2 is 1.63 bits per heavy atom. The Hall–Kier alpha value is -3.15. The Morgan fingerprint density at radius 3 is 2.17 bits per heavy atom.